The van der Waals surface area contributed by atoms with Gasteiger partial charge < -0.3 is 10.2 Å². The number of carbonyl (C=O) groups excluding carboxylic acids is 1. The summed E-state index contributed by atoms with van der Waals surface area (Å²) < 4.78 is 62.6. The molecular formula is C10H13F5N2O. The summed E-state index contributed by atoms with van der Waals surface area (Å²) in [5, 5.41) is 2.92. The van der Waals surface area contributed by atoms with E-state index in [2.05, 4.69) is 5.32 Å². The lowest BCUT2D eigenvalue weighted by Gasteiger charge is -2.38. The van der Waals surface area contributed by atoms with Crippen LogP contribution in [0.1, 0.15) is 12.8 Å². The number of alkyl halides is 5. The Morgan fingerprint density at radius 1 is 1.17 bits per heavy atom. The number of hydrogen-bond donors (Lipinski definition) is 1. The topological polar surface area (TPSA) is 32.3 Å². The molecule has 0 saturated carbocycles. The van der Waals surface area contributed by atoms with Gasteiger partial charge in [-0.05, 0) is 18.8 Å². The molecule has 2 rings (SSSR count). The van der Waals surface area contributed by atoms with E-state index in [-0.39, 0.29) is 19.0 Å². The summed E-state index contributed by atoms with van der Waals surface area (Å²) >= 11 is 0. The molecule has 0 aliphatic carbocycles. The fourth-order valence-corrected chi connectivity index (χ4v) is 2.62. The second-order valence-electron chi connectivity index (χ2n) is 4.70. The van der Waals surface area contributed by atoms with Gasteiger partial charge in [-0.3, -0.25) is 4.79 Å². The monoisotopic (exact) mass is 272 g/mol. The third-order valence-electron chi connectivity index (χ3n) is 3.56. The van der Waals surface area contributed by atoms with Crippen molar-refractivity contribution < 1.29 is 26.7 Å². The van der Waals surface area contributed by atoms with Gasteiger partial charge in [0.15, 0.2) is 0 Å². The summed E-state index contributed by atoms with van der Waals surface area (Å²) in [6, 6.07) is -0.542. The van der Waals surface area contributed by atoms with E-state index in [0.29, 0.717) is 17.9 Å². The predicted molar refractivity (Wildman–Crippen MR) is 52.1 cm³/mol. The molecule has 2 aliphatic rings. The van der Waals surface area contributed by atoms with Crippen molar-refractivity contribution in [3.8, 4) is 0 Å². The highest BCUT2D eigenvalue weighted by atomic mass is 19.4. The van der Waals surface area contributed by atoms with Crippen LogP contribution < -0.4 is 5.32 Å². The van der Waals surface area contributed by atoms with Gasteiger partial charge in [0.25, 0.3) is 0 Å². The molecular weight excluding hydrogens is 259 g/mol. The highest BCUT2D eigenvalue weighted by Gasteiger charge is 2.65. The van der Waals surface area contributed by atoms with Crippen LogP contribution in [0.25, 0.3) is 0 Å². The minimum absolute atomic E-state index is 0.0215. The summed E-state index contributed by atoms with van der Waals surface area (Å²) in [4.78, 5) is 12.1. The summed E-state index contributed by atoms with van der Waals surface area (Å²) in [5.41, 5.74) is 0. The zero-order valence-corrected chi connectivity index (χ0v) is 9.44. The minimum Gasteiger partial charge on any atom is -0.333 e. The SMILES string of the molecule is O=C(N1CCCC2CNCC21)C(F)(F)C(F)(F)F. The zero-order valence-electron chi connectivity index (χ0n) is 9.44. The van der Waals surface area contributed by atoms with Crippen LogP contribution in [0.2, 0.25) is 0 Å². The summed E-state index contributed by atoms with van der Waals surface area (Å²) in [6.45, 7) is 0.809. The second-order valence-corrected chi connectivity index (χ2v) is 4.70. The van der Waals surface area contributed by atoms with Crippen molar-refractivity contribution in [2.75, 3.05) is 19.6 Å². The van der Waals surface area contributed by atoms with Gasteiger partial charge in [-0.15, -0.1) is 0 Å². The number of halogens is 5. The van der Waals surface area contributed by atoms with Gasteiger partial charge in [-0.1, -0.05) is 0 Å². The van der Waals surface area contributed by atoms with Crippen molar-refractivity contribution in [1.82, 2.24) is 10.2 Å². The number of amides is 1. The minimum atomic E-state index is -5.83. The molecule has 1 N–H and O–H groups in total. The van der Waals surface area contributed by atoms with Crippen molar-refractivity contribution in [3.05, 3.63) is 0 Å². The number of piperidine rings is 1. The predicted octanol–water partition coefficient (Wildman–Crippen LogP) is 1.39. The molecule has 2 heterocycles. The fraction of sp³-hybridized carbons (Fsp3) is 0.900. The quantitative estimate of drug-likeness (QED) is 0.732. The van der Waals surface area contributed by atoms with E-state index < -0.39 is 24.0 Å². The van der Waals surface area contributed by atoms with Gasteiger partial charge in [0, 0.05) is 25.7 Å². The van der Waals surface area contributed by atoms with Crippen LogP contribution >= 0.6 is 0 Å². The molecule has 0 spiro atoms. The van der Waals surface area contributed by atoms with Crippen molar-refractivity contribution in [1.29, 1.82) is 0 Å². The normalized spacial score (nSPS) is 29.3. The molecule has 2 aliphatic heterocycles. The number of nitrogens with zero attached hydrogens (tertiary/aromatic N) is 1. The lowest BCUT2D eigenvalue weighted by molar-refractivity contribution is -0.275. The average molecular weight is 272 g/mol. The Morgan fingerprint density at radius 2 is 1.83 bits per heavy atom. The lowest BCUT2D eigenvalue weighted by Crippen LogP contribution is -2.58. The lowest BCUT2D eigenvalue weighted by atomic mass is 9.91. The average Bonchev–Trinajstić information content (AvgIpc) is 2.73. The fourth-order valence-electron chi connectivity index (χ4n) is 2.62. The van der Waals surface area contributed by atoms with E-state index in [1.807, 2.05) is 0 Å². The smallest absolute Gasteiger partial charge is 0.333 e. The van der Waals surface area contributed by atoms with Crippen molar-refractivity contribution in [2.45, 2.75) is 31.0 Å². The maximum Gasteiger partial charge on any atom is 0.463 e. The van der Waals surface area contributed by atoms with Crippen molar-refractivity contribution >= 4 is 5.91 Å². The molecule has 0 aromatic heterocycles. The molecule has 0 bridgehead atoms. The Bertz CT molecular complexity index is 344. The molecule has 8 heteroatoms. The maximum absolute atomic E-state index is 13.0. The van der Waals surface area contributed by atoms with Gasteiger partial charge >= 0.3 is 18.0 Å². The first-order chi connectivity index (χ1) is 8.25. The Kier molecular flexibility index (Phi) is 3.25. The summed E-state index contributed by atoms with van der Waals surface area (Å²) in [7, 11) is 0. The van der Waals surface area contributed by atoms with Crippen LogP contribution in [-0.2, 0) is 4.79 Å². The molecule has 2 atom stereocenters. The molecule has 2 saturated heterocycles. The van der Waals surface area contributed by atoms with Gasteiger partial charge in [-0.25, -0.2) is 0 Å². The van der Waals surface area contributed by atoms with Crippen LogP contribution in [0, 0.1) is 5.92 Å². The second kappa shape index (κ2) is 4.32. The van der Waals surface area contributed by atoms with E-state index in [0.717, 1.165) is 6.42 Å². The van der Waals surface area contributed by atoms with Gasteiger partial charge in [0.05, 0.1) is 0 Å². The number of hydrogen-bond acceptors (Lipinski definition) is 2. The molecule has 104 valence electrons. The third kappa shape index (κ3) is 2.06. The van der Waals surface area contributed by atoms with Crippen molar-refractivity contribution in [3.63, 3.8) is 0 Å². The van der Waals surface area contributed by atoms with Gasteiger partial charge in [-0.2, -0.15) is 22.0 Å². The van der Waals surface area contributed by atoms with E-state index in [1.54, 1.807) is 0 Å². The molecule has 18 heavy (non-hydrogen) atoms. The Balaban J connectivity index is 2.18. The molecule has 3 nitrogen and oxygen atoms in total. The van der Waals surface area contributed by atoms with Crippen LogP contribution in [-0.4, -0.2) is 48.6 Å². The molecule has 0 aromatic rings. The van der Waals surface area contributed by atoms with Crippen LogP contribution in [0.5, 0.6) is 0 Å². The van der Waals surface area contributed by atoms with E-state index in [4.69, 9.17) is 0 Å². The first kappa shape index (κ1) is 13.5. The molecule has 1 amide bonds. The van der Waals surface area contributed by atoms with E-state index in [9.17, 15) is 26.7 Å². The zero-order chi connectivity index (χ0) is 13.6. The number of carbonyl (C=O) groups is 1. The van der Waals surface area contributed by atoms with Gasteiger partial charge in [0.2, 0.25) is 0 Å². The first-order valence-electron chi connectivity index (χ1n) is 5.71. The van der Waals surface area contributed by atoms with E-state index in [1.165, 1.54) is 0 Å². The highest BCUT2D eigenvalue weighted by molar-refractivity contribution is 5.85. The summed E-state index contributed by atoms with van der Waals surface area (Å²) in [6.07, 6.45) is -4.62. The summed E-state index contributed by atoms with van der Waals surface area (Å²) in [5.74, 6) is -7.43. The third-order valence-corrected chi connectivity index (χ3v) is 3.56. The highest BCUT2D eigenvalue weighted by Crippen LogP contribution is 2.39. The molecule has 2 fully saturated rings. The van der Waals surface area contributed by atoms with Crippen molar-refractivity contribution in [2.24, 2.45) is 5.92 Å². The number of fused-ring (bicyclic) bond motifs is 1. The molecule has 0 aromatic carbocycles. The van der Waals surface area contributed by atoms with Crippen LogP contribution in [0.15, 0.2) is 0 Å². The Hall–Kier alpha value is -0.920. The van der Waals surface area contributed by atoms with Gasteiger partial charge in [0.1, 0.15) is 0 Å². The van der Waals surface area contributed by atoms with Crippen LogP contribution in [0.4, 0.5) is 22.0 Å². The molecule has 2 unspecified atom stereocenters. The maximum atomic E-state index is 13.0. The Morgan fingerprint density at radius 3 is 2.44 bits per heavy atom. The van der Waals surface area contributed by atoms with Crippen LogP contribution in [0.3, 0.4) is 0 Å². The standard InChI is InChI=1S/C10H13F5N2O/c11-9(12,10(13,14)15)8(18)17-3-1-2-6-4-16-5-7(6)17/h6-7,16H,1-5H2. The van der Waals surface area contributed by atoms with E-state index >= 15 is 0 Å². The number of rotatable bonds is 1. The largest absolute Gasteiger partial charge is 0.463 e. The first-order valence-corrected chi connectivity index (χ1v) is 5.71. The number of likely N-dealkylation sites (tertiary alicyclic amines) is 1. The molecule has 0 radical (unpaired) electrons. The Labute approximate surface area is 100 Å². The number of nitrogens with one attached hydrogen (secondary N) is 1.